The van der Waals surface area contributed by atoms with Crippen LogP contribution in [0.3, 0.4) is 0 Å². The summed E-state index contributed by atoms with van der Waals surface area (Å²) < 4.78 is 6.29. The van der Waals surface area contributed by atoms with E-state index < -0.39 is 0 Å². The standard InChI is InChI=1S/C57H41NO/c1-57(2)51-24-11-9-21-47(51)48-33-30-43(36-52(48)57)46-23-14-25-53(56(46)40-17-7-4-8-18-40)58(45-20-13-19-41(35-45)38-15-5-3-6-16-38)44-31-27-39(28-32-44)42-29-34-50-49-22-10-12-26-54(49)59-55(50)37-42/h3-37H,1-2H3. The molecule has 0 unspecified atom stereocenters. The zero-order valence-corrected chi connectivity index (χ0v) is 33.1. The lowest BCUT2D eigenvalue weighted by molar-refractivity contribution is 0.660. The molecule has 1 aliphatic rings. The van der Waals surface area contributed by atoms with Crippen molar-refractivity contribution in [2.24, 2.45) is 0 Å². The first-order chi connectivity index (χ1) is 29.0. The molecule has 280 valence electrons. The van der Waals surface area contributed by atoms with Gasteiger partial charge in [0.1, 0.15) is 11.2 Å². The average molecular weight is 756 g/mol. The highest BCUT2D eigenvalue weighted by molar-refractivity contribution is 6.06. The Morgan fingerprint density at radius 3 is 1.78 bits per heavy atom. The van der Waals surface area contributed by atoms with Crippen molar-refractivity contribution < 1.29 is 4.42 Å². The van der Waals surface area contributed by atoms with Gasteiger partial charge in [-0.15, -0.1) is 0 Å². The van der Waals surface area contributed by atoms with Gasteiger partial charge in [0, 0.05) is 33.1 Å². The van der Waals surface area contributed by atoms with E-state index in [1.165, 1.54) is 55.6 Å². The topological polar surface area (TPSA) is 16.4 Å². The molecule has 0 saturated carbocycles. The number of benzene rings is 9. The van der Waals surface area contributed by atoms with Gasteiger partial charge in [0.15, 0.2) is 0 Å². The van der Waals surface area contributed by atoms with Gasteiger partial charge in [-0.2, -0.15) is 0 Å². The number of fused-ring (bicyclic) bond motifs is 6. The fourth-order valence-corrected chi connectivity index (χ4v) is 9.34. The zero-order valence-electron chi connectivity index (χ0n) is 33.1. The summed E-state index contributed by atoms with van der Waals surface area (Å²) in [5.41, 5.74) is 19.7. The summed E-state index contributed by atoms with van der Waals surface area (Å²) in [6.07, 6.45) is 0. The van der Waals surface area contributed by atoms with Crippen LogP contribution in [0.25, 0.3) is 77.6 Å². The van der Waals surface area contributed by atoms with Crippen LogP contribution < -0.4 is 4.90 Å². The Morgan fingerprint density at radius 2 is 0.949 bits per heavy atom. The fraction of sp³-hybridized carbons (Fsp3) is 0.0526. The summed E-state index contributed by atoms with van der Waals surface area (Å²) in [5, 5.41) is 2.28. The minimum absolute atomic E-state index is 0.104. The van der Waals surface area contributed by atoms with Gasteiger partial charge < -0.3 is 9.32 Å². The fourth-order valence-electron chi connectivity index (χ4n) is 9.34. The molecule has 1 heterocycles. The van der Waals surface area contributed by atoms with Crippen LogP contribution in [0.5, 0.6) is 0 Å². The summed E-state index contributed by atoms with van der Waals surface area (Å²) in [7, 11) is 0. The van der Waals surface area contributed by atoms with Crippen molar-refractivity contribution in [2.45, 2.75) is 19.3 Å². The number of para-hydroxylation sites is 1. The largest absolute Gasteiger partial charge is 0.456 e. The van der Waals surface area contributed by atoms with E-state index in [2.05, 4.69) is 219 Å². The van der Waals surface area contributed by atoms with E-state index in [-0.39, 0.29) is 5.41 Å². The molecule has 0 fully saturated rings. The second-order valence-corrected chi connectivity index (χ2v) is 16.1. The maximum atomic E-state index is 6.29. The van der Waals surface area contributed by atoms with E-state index in [9.17, 15) is 0 Å². The predicted octanol–water partition coefficient (Wildman–Crippen LogP) is 16.0. The molecule has 10 aromatic rings. The average Bonchev–Trinajstić information content (AvgIpc) is 3.78. The van der Waals surface area contributed by atoms with Gasteiger partial charge in [-0.25, -0.2) is 0 Å². The van der Waals surface area contributed by atoms with Crippen LogP contribution in [0.2, 0.25) is 0 Å². The van der Waals surface area contributed by atoms with Crippen LogP contribution in [0.1, 0.15) is 25.0 Å². The lowest BCUT2D eigenvalue weighted by atomic mass is 9.81. The van der Waals surface area contributed by atoms with Crippen molar-refractivity contribution in [2.75, 3.05) is 4.90 Å². The van der Waals surface area contributed by atoms with Gasteiger partial charge in [0.2, 0.25) is 0 Å². The Morgan fingerprint density at radius 1 is 0.356 bits per heavy atom. The molecule has 59 heavy (non-hydrogen) atoms. The number of anilines is 3. The Hall–Kier alpha value is -7.42. The van der Waals surface area contributed by atoms with E-state index in [0.717, 1.165) is 50.1 Å². The third kappa shape index (κ3) is 5.87. The van der Waals surface area contributed by atoms with Crippen LogP contribution in [0.15, 0.2) is 217 Å². The molecule has 1 aromatic heterocycles. The molecule has 0 radical (unpaired) electrons. The second kappa shape index (κ2) is 13.9. The molecule has 0 aliphatic heterocycles. The first kappa shape index (κ1) is 34.8. The number of rotatable bonds is 7. The summed E-state index contributed by atoms with van der Waals surface area (Å²) in [6.45, 7) is 4.71. The summed E-state index contributed by atoms with van der Waals surface area (Å²) in [4.78, 5) is 2.43. The summed E-state index contributed by atoms with van der Waals surface area (Å²) in [5.74, 6) is 0. The van der Waals surface area contributed by atoms with Crippen molar-refractivity contribution in [3.63, 3.8) is 0 Å². The number of nitrogens with zero attached hydrogens (tertiary/aromatic N) is 1. The third-order valence-electron chi connectivity index (χ3n) is 12.3. The number of hydrogen-bond acceptors (Lipinski definition) is 2. The van der Waals surface area contributed by atoms with Crippen LogP contribution in [-0.4, -0.2) is 0 Å². The van der Waals surface area contributed by atoms with Gasteiger partial charge in [0.25, 0.3) is 0 Å². The molecule has 0 saturated heterocycles. The maximum Gasteiger partial charge on any atom is 0.136 e. The van der Waals surface area contributed by atoms with E-state index in [1.54, 1.807) is 0 Å². The molecule has 0 amide bonds. The van der Waals surface area contributed by atoms with Gasteiger partial charge in [0.05, 0.1) is 5.69 Å². The Bertz CT molecular complexity index is 3170. The smallest absolute Gasteiger partial charge is 0.136 e. The summed E-state index contributed by atoms with van der Waals surface area (Å²) in [6, 6.07) is 77.0. The van der Waals surface area contributed by atoms with E-state index in [4.69, 9.17) is 4.42 Å². The Balaban J connectivity index is 1.09. The van der Waals surface area contributed by atoms with Crippen LogP contribution in [0, 0.1) is 0 Å². The van der Waals surface area contributed by atoms with Crippen molar-refractivity contribution in [3.8, 4) is 55.6 Å². The minimum Gasteiger partial charge on any atom is -0.456 e. The van der Waals surface area contributed by atoms with Gasteiger partial charge in [-0.05, 0) is 116 Å². The van der Waals surface area contributed by atoms with Gasteiger partial charge >= 0.3 is 0 Å². The highest BCUT2D eigenvalue weighted by Gasteiger charge is 2.35. The molecular weight excluding hydrogens is 715 g/mol. The first-order valence-electron chi connectivity index (χ1n) is 20.4. The molecule has 2 heteroatoms. The highest BCUT2D eigenvalue weighted by atomic mass is 16.3. The Labute approximate surface area is 345 Å². The lowest BCUT2D eigenvalue weighted by Gasteiger charge is -2.30. The van der Waals surface area contributed by atoms with E-state index in [0.29, 0.717) is 0 Å². The third-order valence-corrected chi connectivity index (χ3v) is 12.3. The van der Waals surface area contributed by atoms with Crippen LogP contribution in [-0.2, 0) is 5.41 Å². The van der Waals surface area contributed by atoms with Gasteiger partial charge in [-0.1, -0.05) is 172 Å². The minimum atomic E-state index is -0.104. The highest BCUT2D eigenvalue weighted by Crippen LogP contribution is 2.51. The monoisotopic (exact) mass is 755 g/mol. The maximum absolute atomic E-state index is 6.29. The van der Waals surface area contributed by atoms with Crippen molar-refractivity contribution in [3.05, 3.63) is 223 Å². The SMILES string of the molecule is CC1(C)c2ccccc2-c2ccc(-c3cccc(N(c4ccc(-c5ccc6c(c5)oc5ccccc56)cc4)c4cccc(-c5ccccc5)c4)c3-c3ccccc3)cc21. The molecule has 0 spiro atoms. The molecular formula is C57H41NO. The molecule has 11 rings (SSSR count). The molecule has 1 aliphatic carbocycles. The molecule has 0 N–H and O–H groups in total. The van der Waals surface area contributed by atoms with Crippen LogP contribution in [0.4, 0.5) is 17.1 Å². The normalized spacial score (nSPS) is 12.7. The second-order valence-electron chi connectivity index (χ2n) is 16.1. The Kier molecular flexibility index (Phi) is 8.20. The van der Waals surface area contributed by atoms with Crippen LogP contribution >= 0.6 is 0 Å². The van der Waals surface area contributed by atoms with Crippen molar-refractivity contribution in [1.29, 1.82) is 0 Å². The molecule has 2 nitrogen and oxygen atoms in total. The van der Waals surface area contributed by atoms with E-state index >= 15 is 0 Å². The van der Waals surface area contributed by atoms with Crippen molar-refractivity contribution >= 4 is 39.0 Å². The summed E-state index contributed by atoms with van der Waals surface area (Å²) >= 11 is 0. The molecule has 9 aromatic carbocycles. The first-order valence-corrected chi connectivity index (χ1v) is 20.4. The van der Waals surface area contributed by atoms with Crippen molar-refractivity contribution in [1.82, 2.24) is 0 Å². The lowest BCUT2D eigenvalue weighted by Crippen LogP contribution is -2.15. The van der Waals surface area contributed by atoms with Gasteiger partial charge in [-0.3, -0.25) is 0 Å². The zero-order chi connectivity index (χ0) is 39.5. The number of hydrogen-bond donors (Lipinski definition) is 0. The van der Waals surface area contributed by atoms with E-state index in [1.807, 2.05) is 12.1 Å². The molecule has 0 bridgehead atoms. The molecule has 0 atom stereocenters. The quantitative estimate of drug-likeness (QED) is 0.161. The number of furan rings is 1. The predicted molar refractivity (Wildman–Crippen MR) is 248 cm³/mol.